The van der Waals surface area contributed by atoms with E-state index in [0.29, 0.717) is 18.5 Å². The van der Waals surface area contributed by atoms with E-state index in [4.69, 9.17) is 0 Å². The van der Waals surface area contributed by atoms with Gasteiger partial charge in [0.05, 0.1) is 6.54 Å². The van der Waals surface area contributed by atoms with Crippen molar-refractivity contribution in [2.24, 2.45) is 0 Å². The highest BCUT2D eigenvalue weighted by molar-refractivity contribution is 6.04. The van der Waals surface area contributed by atoms with E-state index in [9.17, 15) is 9.59 Å². The number of Topliss-reactive ketones (excluding diaryl/α,β-unsaturated/α-hetero) is 1. The molecule has 0 atom stereocenters. The normalized spacial score (nSPS) is 15.7. The number of carbonyl (C=O) groups is 2. The molecule has 0 spiro atoms. The van der Waals surface area contributed by atoms with Crippen LogP contribution in [0, 0.1) is 0 Å². The Morgan fingerprint density at radius 1 is 1.33 bits per heavy atom. The Morgan fingerprint density at radius 2 is 2.00 bits per heavy atom. The van der Waals surface area contributed by atoms with Crippen molar-refractivity contribution >= 4 is 11.6 Å². The van der Waals surface area contributed by atoms with Crippen molar-refractivity contribution in [3.63, 3.8) is 0 Å². The average Bonchev–Trinajstić information content (AvgIpc) is 2.26. The molecule has 1 aliphatic carbocycles. The maximum Gasteiger partial charge on any atom is 0.176 e. The first-order chi connectivity index (χ1) is 7.17. The molecule has 0 N–H and O–H groups in total. The molecule has 0 aromatic heterocycles. The monoisotopic (exact) mass is 207 g/mol. The third-order valence-electron chi connectivity index (χ3n) is 2.56. The van der Waals surface area contributed by atoms with Crippen LogP contribution in [0.1, 0.15) is 20.3 Å². The van der Waals surface area contributed by atoms with E-state index in [2.05, 4.69) is 4.90 Å². The van der Waals surface area contributed by atoms with Gasteiger partial charge in [0.25, 0.3) is 0 Å². The Morgan fingerprint density at radius 3 is 2.47 bits per heavy atom. The van der Waals surface area contributed by atoms with Gasteiger partial charge in [-0.3, -0.25) is 14.5 Å². The van der Waals surface area contributed by atoms with Gasteiger partial charge >= 0.3 is 0 Å². The predicted octanol–water partition coefficient (Wildman–Crippen LogP) is 1.35. The van der Waals surface area contributed by atoms with Crippen molar-refractivity contribution < 1.29 is 9.59 Å². The van der Waals surface area contributed by atoms with Gasteiger partial charge in [0.15, 0.2) is 11.6 Å². The van der Waals surface area contributed by atoms with Gasteiger partial charge in [-0.25, -0.2) is 0 Å². The smallest absolute Gasteiger partial charge is 0.176 e. The number of rotatable bonds is 5. The van der Waals surface area contributed by atoms with Crippen LogP contribution in [0.5, 0.6) is 0 Å². The Labute approximate surface area is 90.5 Å². The van der Waals surface area contributed by atoms with Gasteiger partial charge in [0.2, 0.25) is 0 Å². The minimum Gasteiger partial charge on any atom is -0.296 e. The van der Waals surface area contributed by atoms with Crippen molar-refractivity contribution in [1.82, 2.24) is 4.90 Å². The molecule has 0 bridgehead atoms. The SMILES string of the molecule is CCN(CC)CC(=O)C1=CCC(=O)C=C1. The topological polar surface area (TPSA) is 37.4 Å². The molecular weight excluding hydrogens is 190 g/mol. The summed E-state index contributed by atoms with van der Waals surface area (Å²) in [4.78, 5) is 24.7. The minimum absolute atomic E-state index is 0.0642. The van der Waals surface area contributed by atoms with E-state index >= 15 is 0 Å². The molecule has 1 aliphatic rings. The Hall–Kier alpha value is -1.22. The maximum absolute atomic E-state index is 11.8. The van der Waals surface area contributed by atoms with Crippen LogP contribution in [0.3, 0.4) is 0 Å². The number of hydrogen-bond donors (Lipinski definition) is 0. The van der Waals surface area contributed by atoms with Gasteiger partial charge in [-0.1, -0.05) is 19.9 Å². The van der Waals surface area contributed by atoms with Crippen LogP contribution >= 0.6 is 0 Å². The van der Waals surface area contributed by atoms with Crippen molar-refractivity contribution in [1.29, 1.82) is 0 Å². The zero-order chi connectivity index (χ0) is 11.3. The summed E-state index contributed by atoms with van der Waals surface area (Å²) in [5, 5.41) is 0. The third kappa shape index (κ3) is 3.44. The molecule has 0 aromatic rings. The summed E-state index contributed by atoms with van der Waals surface area (Å²) in [5.74, 6) is 0.164. The second kappa shape index (κ2) is 5.61. The first kappa shape index (κ1) is 11.9. The standard InChI is InChI=1S/C12H17NO2/c1-3-13(4-2)9-12(15)10-5-7-11(14)8-6-10/h5-7H,3-4,8-9H2,1-2H3. The van der Waals surface area contributed by atoms with Gasteiger partial charge in [0.1, 0.15) is 0 Å². The minimum atomic E-state index is 0.0642. The highest BCUT2D eigenvalue weighted by Gasteiger charge is 2.13. The molecule has 0 saturated heterocycles. The van der Waals surface area contributed by atoms with Crippen LogP contribution < -0.4 is 0 Å². The molecule has 0 radical (unpaired) electrons. The van der Waals surface area contributed by atoms with Crippen LogP contribution in [0.4, 0.5) is 0 Å². The predicted molar refractivity (Wildman–Crippen MR) is 59.6 cm³/mol. The number of hydrogen-bond acceptors (Lipinski definition) is 3. The number of likely N-dealkylation sites (N-methyl/N-ethyl adjacent to an activating group) is 1. The molecule has 0 aromatic carbocycles. The second-order valence-electron chi connectivity index (χ2n) is 3.55. The second-order valence-corrected chi connectivity index (χ2v) is 3.55. The molecule has 0 fully saturated rings. The molecular formula is C12H17NO2. The van der Waals surface area contributed by atoms with E-state index in [1.54, 1.807) is 12.2 Å². The van der Waals surface area contributed by atoms with Crippen LogP contribution in [0.15, 0.2) is 23.8 Å². The first-order valence-corrected chi connectivity index (χ1v) is 5.34. The molecule has 0 aliphatic heterocycles. The zero-order valence-corrected chi connectivity index (χ0v) is 9.32. The van der Waals surface area contributed by atoms with Gasteiger partial charge in [-0.05, 0) is 25.2 Å². The summed E-state index contributed by atoms with van der Waals surface area (Å²) in [6, 6.07) is 0. The van der Waals surface area contributed by atoms with Gasteiger partial charge < -0.3 is 0 Å². The van der Waals surface area contributed by atoms with E-state index in [1.807, 2.05) is 13.8 Å². The Kier molecular flexibility index (Phi) is 4.43. The molecule has 82 valence electrons. The summed E-state index contributed by atoms with van der Waals surface area (Å²) < 4.78 is 0. The lowest BCUT2D eigenvalue weighted by Gasteiger charge is -2.17. The highest BCUT2D eigenvalue weighted by atomic mass is 16.1. The number of nitrogens with zero attached hydrogens (tertiary/aromatic N) is 1. The molecule has 0 heterocycles. The van der Waals surface area contributed by atoms with E-state index < -0.39 is 0 Å². The summed E-state index contributed by atoms with van der Waals surface area (Å²) in [7, 11) is 0. The van der Waals surface area contributed by atoms with Crippen molar-refractivity contribution in [2.45, 2.75) is 20.3 Å². The number of allylic oxidation sites excluding steroid dienone is 3. The molecule has 0 amide bonds. The molecule has 3 nitrogen and oxygen atoms in total. The fourth-order valence-electron chi connectivity index (χ4n) is 1.48. The Balaban J connectivity index is 2.55. The fraction of sp³-hybridized carbons (Fsp3) is 0.500. The molecule has 0 saturated carbocycles. The molecule has 1 rings (SSSR count). The number of ketones is 2. The quantitative estimate of drug-likeness (QED) is 0.683. The molecule has 3 heteroatoms. The lowest BCUT2D eigenvalue weighted by Crippen LogP contribution is -2.30. The van der Waals surface area contributed by atoms with E-state index in [0.717, 1.165) is 13.1 Å². The van der Waals surface area contributed by atoms with Crippen LogP contribution in [-0.2, 0) is 9.59 Å². The lowest BCUT2D eigenvalue weighted by atomic mass is 10.0. The summed E-state index contributed by atoms with van der Waals surface area (Å²) in [6.45, 7) is 6.25. The summed E-state index contributed by atoms with van der Waals surface area (Å²) >= 11 is 0. The van der Waals surface area contributed by atoms with Crippen molar-refractivity contribution in [2.75, 3.05) is 19.6 Å². The zero-order valence-electron chi connectivity index (χ0n) is 9.32. The van der Waals surface area contributed by atoms with Gasteiger partial charge in [-0.15, -0.1) is 0 Å². The van der Waals surface area contributed by atoms with Gasteiger partial charge in [0, 0.05) is 12.0 Å². The van der Waals surface area contributed by atoms with Gasteiger partial charge in [-0.2, -0.15) is 0 Å². The van der Waals surface area contributed by atoms with E-state index in [-0.39, 0.29) is 11.6 Å². The molecule has 15 heavy (non-hydrogen) atoms. The Bertz CT molecular complexity index is 312. The van der Waals surface area contributed by atoms with Crippen LogP contribution in [0.2, 0.25) is 0 Å². The summed E-state index contributed by atoms with van der Waals surface area (Å²) in [5.41, 5.74) is 0.668. The van der Waals surface area contributed by atoms with Crippen molar-refractivity contribution in [3.05, 3.63) is 23.8 Å². The number of carbonyl (C=O) groups excluding carboxylic acids is 2. The fourth-order valence-corrected chi connectivity index (χ4v) is 1.48. The average molecular weight is 207 g/mol. The molecule has 0 unspecified atom stereocenters. The van der Waals surface area contributed by atoms with Crippen LogP contribution in [0.25, 0.3) is 0 Å². The third-order valence-corrected chi connectivity index (χ3v) is 2.56. The maximum atomic E-state index is 11.8. The lowest BCUT2D eigenvalue weighted by molar-refractivity contribution is -0.116. The van der Waals surface area contributed by atoms with Crippen LogP contribution in [-0.4, -0.2) is 36.1 Å². The van der Waals surface area contributed by atoms with E-state index in [1.165, 1.54) is 6.08 Å². The van der Waals surface area contributed by atoms with Crippen molar-refractivity contribution in [3.8, 4) is 0 Å². The summed E-state index contributed by atoms with van der Waals surface area (Å²) in [6.07, 6.45) is 5.18. The first-order valence-electron chi connectivity index (χ1n) is 5.34. The largest absolute Gasteiger partial charge is 0.296 e. The highest BCUT2D eigenvalue weighted by Crippen LogP contribution is 2.09.